The Bertz CT molecular complexity index is 1080. The molecule has 31 heavy (non-hydrogen) atoms. The number of nitrogens with zero attached hydrogens (tertiary/aromatic N) is 2. The normalized spacial score (nSPS) is 12.0. The third-order valence-electron chi connectivity index (χ3n) is 4.90. The number of carbonyl (C=O) groups excluding carboxylic acids is 1. The van der Waals surface area contributed by atoms with E-state index >= 15 is 0 Å². The van der Waals surface area contributed by atoms with E-state index in [0.717, 1.165) is 5.56 Å². The second-order valence-corrected chi connectivity index (χ2v) is 7.03. The summed E-state index contributed by atoms with van der Waals surface area (Å²) in [5.41, 5.74) is 1.58. The predicted octanol–water partition coefficient (Wildman–Crippen LogP) is 3.29. The van der Waals surface area contributed by atoms with Gasteiger partial charge in [0.1, 0.15) is 18.2 Å². The van der Waals surface area contributed by atoms with Crippen molar-refractivity contribution in [3.8, 4) is 5.75 Å². The second-order valence-electron chi connectivity index (χ2n) is 7.03. The van der Waals surface area contributed by atoms with Crippen molar-refractivity contribution in [1.29, 1.82) is 0 Å². The number of hydrogen-bond donors (Lipinski definition) is 0. The average Bonchev–Trinajstić information content (AvgIpc) is 2.77. The van der Waals surface area contributed by atoms with Crippen molar-refractivity contribution in [1.82, 2.24) is 9.55 Å². The summed E-state index contributed by atoms with van der Waals surface area (Å²) in [6, 6.07) is 14.8. The molecular formula is C24H28N2O5. The summed E-state index contributed by atoms with van der Waals surface area (Å²) in [7, 11) is 0. The van der Waals surface area contributed by atoms with Crippen molar-refractivity contribution < 1.29 is 19.0 Å². The Labute approximate surface area is 181 Å². The third kappa shape index (κ3) is 5.70. The van der Waals surface area contributed by atoms with Crippen molar-refractivity contribution in [3.63, 3.8) is 0 Å². The summed E-state index contributed by atoms with van der Waals surface area (Å²) in [5.74, 6) is 0.991. The van der Waals surface area contributed by atoms with Gasteiger partial charge >= 0.3 is 5.97 Å². The fraction of sp³-hybridized carbons (Fsp3) is 0.375. The largest absolute Gasteiger partial charge is 0.492 e. The van der Waals surface area contributed by atoms with Crippen LogP contribution < -0.4 is 10.3 Å². The zero-order valence-electron chi connectivity index (χ0n) is 18.2. The molecule has 1 atom stereocenters. The van der Waals surface area contributed by atoms with Gasteiger partial charge in [0, 0.05) is 13.0 Å². The first-order chi connectivity index (χ1) is 15.0. The molecule has 164 valence electrons. The summed E-state index contributed by atoms with van der Waals surface area (Å²) in [6.07, 6.45) is -0.184. The fourth-order valence-corrected chi connectivity index (χ4v) is 3.38. The Balaban J connectivity index is 1.60. The number of para-hydroxylation sites is 1. The van der Waals surface area contributed by atoms with Crippen molar-refractivity contribution in [2.45, 2.75) is 39.8 Å². The molecule has 7 heteroatoms. The van der Waals surface area contributed by atoms with Gasteiger partial charge in [0.25, 0.3) is 5.56 Å². The highest BCUT2D eigenvalue weighted by Crippen LogP contribution is 2.15. The van der Waals surface area contributed by atoms with Crippen LogP contribution in [0.2, 0.25) is 0 Å². The number of rotatable bonds is 10. The minimum Gasteiger partial charge on any atom is -0.492 e. The molecule has 0 spiro atoms. The summed E-state index contributed by atoms with van der Waals surface area (Å²) in [6.45, 7) is 6.94. The molecule has 0 radical (unpaired) electrons. The van der Waals surface area contributed by atoms with Gasteiger partial charge in [0.2, 0.25) is 0 Å². The Hall–Kier alpha value is -3.19. The first-order valence-corrected chi connectivity index (χ1v) is 10.5. The van der Waals surface area contributed by atoms with Crippen LogP contribution in [0.4, 0.5) is 0 Å². The molecule has 2 aromatic carbocycles. The van der Waals surface area contributed by atoms with Gasteiger partial charge in [0.05, 0.1) is 24.1 Å². The minimum atomic E-state index is -0.619. The summed E-state index contributed by atoms with van der Waals surface area (Å²) < 4.78 is 18.0. The van der Waals surface area contributed by atoms with Gasteiger partial charge in [-0.25, -0.2) is 9.78 Å². The van der Waals surface area contributed by atoms with E-state index in [1.54, 1.807) is 17.6 Å². The lowest BCUT2D eigenvalue weighted by atomic mass is 10.1. The molecule has 3 rings (SSSR count). The molecule has 0 bridgehead atoms. The Morgan fingerprint density at radius 2 is 1.81 bits per heavy atom. The van der Waals surface area contributed by atoms with Crippen LogP contribution >= 0.6 is 0 Å². The van der Waals surface area contributed by atoms with Crippen LogP contribution in [0.3, 0.4) is 0 Å². The van der Waals surface area contributed by atoms with E-state index in [1.165, 1.54) is 0 Å². The van der Waals surface area contributed by atoms with Gasteiger partial charge in [-0.2, -0.15) is 0 Å². The summed E-state index contributed by atoms with van der Waals surface area (Å²) >= 11 is 0. The van der Waals surface area contributed by atoms with E-state index in [2.05, 4.69) is 4.98 Å². The SMILES string of the molecule is CCOC(=O)C(Cc1ccc(OCCn2c(C)nc3ccccc3c2=O)cc1)OCC. The first-order valence-electron chi connectivity index (χ1n) is 10.5. The molecule has 0 aliphatic rings. The smallest absolute Gasteiger partial charge is 0.335 e. The van der Waals surface area contributed by atoms with Gasteiger partial charge in [-0.15, -0.1) is 0 Å². The maximum Gasteiger partial charge on any atom is 0.335 e. The average molecular weight is 424 g/mol. The molecule has 1 heterocycles. The Morgan fingerprint density at radius 1 is 1.06 bits per heavy atom. The number of aryl methyl sites for hydroxylation is 1. The second kappa shape index (κ2) is 10.7. The van der Waals surface area contributed by atoms with Crippen LogP contribution in [0.15, 0.2) is 53.3 Å². The maximum absolute atomic E-state index is 12.7. The predicted molar refractivity (Wildman–Crippen MR) is 118 cm³/mol. The zero-order valence-corrected chi connectivity index (χ0v) is 18.2. The van der Waals surface area contributed by atoms with Gasteiger partial charge in [-0.1, -0.05) is 24.3 Å². The van der Waals surface area contributed by atoms with E-state index in [1.807, 2.05) is 56.3 Å². The molecule has 0 amide bonds. The highest BCUT2D eigenvalue weighted by molar-refractivity contribution is 5.77. The number of carbonyl (C=O) groups is 1. The van der Waals surface area contributed by atoms with Gasteiger partial charge in [0.15, 0.2) is 6.10 Å². The lowest BCUT2D eigenvalue weighted by Gasteiger charge is -2.16. The van der Waals surface area contributed by atoms with E-state index < -0.39 is 6.10 Å². The standard InChI is InChI=1S/C24H28N2O5/c1-4-29-22(24(28)30-5-2)16-18-10-12-19(13-11-18)31-15-14-26-17(3)25-21-9-7-6-8-20(21)23(26)27/h6-13,22H,4-5,14-16H2,1-3H3. The van der Waals surface area contributed by atoms with Crippen molar-refractivity contribution in [3.05, 3.63) is 70.3 Å². The molecule has 0 aliphatic carbocycles. The fourth-order valence-electron chi connectivity index (χ4n) is 3.38. The molecule has 0 saturated carbocycles. The van der Waals surface area contributed by atoms with E-state index in [9.17, 15) is 9.59 Å². The number of benzene rings is 2. The molecular weight excluding hydrogens is 396 g/mol. The van der Waals surface area contributed by atoms with Crippen LogP contribution in [0.25, 0.3) is 10.9 Å². The monoisotopic (exact) mass is 424 g/mol. The lowest BCUT2D eigenvalue weighted by molar-refractivity contribution is -0.156. The topological polar surface area (TPSA) is 79.7 Å². The van der Waals surface area contributed by atoms with Crippen molar-refractivity contribution >= 4 is 16.9 Å². The minimum absolute atomic E-state index is 0.0667. The molecule has 0 fully saturated rings. The highest BCUT2D eigenvalue weighted by Gasteiger charge is 2.20. The number of fused-ring (bicyclic) bond motifs is 1. The van der Waals surface area contributed by atoms with Crippen molar-refractivity contribution in [2.24, 2.45) is 0 Å². The lowest BCUT2D eigenvalue weighted by Crippen LogP contribution is -2.29. The maximum atomic E-state index is 12.7. The molecule has 7 nitrogen and oxygen atoms in total. The molecule has 1 unspecified atom stereocenters. The quantitative estimate of drug-likeness (QED) is 0.465. The van der Waals surface area contributed by atoms with Crippen LogP contribution in [0.5, 0.6) is 5.75 Å². The van der Waals surface area contributed by atoms with Gasteiger partial charge < -0.3 is 14.2 Å². The summed E-state index contributed by atoms with van der Waals surface area (Å²) in [5, 5.41) is 0.600. The van der Waals surface area contributed by atoms with Crippen molar-refractivity contribution in [2.75, 3.05) is 19.8 Å². The van der Waals surface area contributed by atoms with Crippen LogP contribution in [0.1, 0.15) is 25.2 Å². The van der Waals surface area contributed by atoms with Gasteiger partial charge in [-0.05, 0) is 50.6 Å². The number of aromatic nitrogens is 2. The molecule has 3 aromatic rings. The Morgan fingerprint density at radius 3 is 2.52 bits per heavy atom. The molecule has 1 aromatic heterocycles. The number of hydrogen-bond acceptors (Lipinski definition) is 6. The Kier molecular flexibility index (Phi) is 7.78. The van der Waals surface area contributed by atoms with Gasteiger partial charge in [-0.3, -0.25) is 9.36 Å². The van der Waals surface area contributed by atoms with Crippen LogP contribution in [-0.2, 0) is 27.2 Å². The highest BCUT2D eigenvalue weighted by atomic mass is 16.6. The molecule has 0 aliphatic heterocycles. The van der Waals surface area contributed by atoms with Crippen LogP contribution in [-0.4, -0.2) is 41.4 Å². The van der Waals surface area contributed by atoms with E-state index in [0.29, 0.717) is 55.3 Å². The first kappa shape index (κ1) is 22.5. The van der Waals surface area contributed by atoms with E-state index in [-0.39, 0.29) is 11.5 Å². The third-order valence-corrected chi connectivity index (χ3v) is 4.90. The summed E-state index contributed by atoms with van der Waals surface area (Å²) in [4.78, 5) is 29.2. The van der Waals surface area contributed by atoms with Crippen LogP contribution in [0, 0.1) is 6.92 Å². The molecule has 0 saturated heterocycles. The number of esters is 1. The number of ether oxygens (including phenoxy) is 3. The molecule has 0 N–H and O–H groups in total. The zero-order chi connectivity index (χ0) is 22.2. The van der Waals surface area contributed by atoms with E-state index in [4.69, 9.17) is 14.2 Å².